The summed E-state index contributed by atoms with van der Waals surface area (Å²) in [6, 6.07) is 15.1. The first kappa shape index (κ1) is 13.1. The first-order valence-corrected chi connectivity index (χ1v) is 6.25. The van der Waals surface area contributed by atoms with Crippen LogP contribution in [0.15, 0.2) is 48.5 Å². The van der Waals surface area contributed by atoms with Crippen molar-refractivity contribution < 1.29 is 4.79 Å². The smallest absolute Gasteiger partial charge is 0.244 e. The molecule has 1 amide bonds. The average Bonchev–Trinajstić information content (AvgIpc) is 2.35. The summed E-state index contributed by atoms with van der Waals surface area (Å²) in [5.41, 5.74) is 9.57. The number of nitrogens with two attached hydrogens (primary N) is 1. The van der Waals surface area contributed by atoms with Gasteiger partial charge in [0.15, 0.2) is 0 Å². The number of nitrogens with one attached hydrogen (secondary N) is 1. The molecule has 0 aliphatic carbocycles. The van der Waals surface area contributed by atoms with Crippen LogP contribution in [-0.2, 0) is 4.79 Å². The Bertz CT molecular complexity index is 558. The van der Waals surface area contributed by atoms with Crippen molar-refractivity contribution >= 4 is 11.6 Å². The Morgan fingerprint density at radius 1 is 1.05 bits per heavy atom. The number of benzene rings is 2. The van der Waals surface area contributed by atoms with Gasteiger partial charge in [0.1, 0.15) is 6.04 Å². The van der Waals surface area contributed by atoms with Gasteiger partial charge in [0.05, 0.1) is 0 Å². The maximum atomic E-state index is 11.6. The number of hydrogen-bond donors (Lipinski definition) is 2. The maximum absolute atomic E-state index is 11.6. The van der Waals surface area contributed by atoms with Gasteiger partial charge in [-0.25, -0.2) is 0 Å². The molecule has 2 aromatic carbocycles. The number of anilines is 1. The van der Waals surface area contributed by atoms with E-state index < -0.39 is 6.04 Å². The number of carbonyl (C=O) groups is 1. The number of hydrogen-bond acceptors (Lipinski definition) is 2. The van der Waals surface area contributed by atoms with E-state index in [4.69, 9.17) is 5.73 Å². The van der Waals surface area contributed by atoms with Gasteiger partial charge in [-0.3, -0.25) is 4.79 Å². The Morgan fingerprint density at radius 3 is 2.16 bits per heavy atom. The van der Waals surface area contributed by atoms with Crippen LogP contribution in [0.1, 0.15) is 22.7 Å². The van der Waals surface area contributed by atoms with Crippen molar-refractivity contribution in [1.82, 2.24) is 0 Å². The summed E-state index contributed by atoms with van der Waals surface area (Å²) >= 11 is 0. The zero-order valence-corrected chi connectivity index (χ0v) is 11.2. The van der Waals surface area contributed by atoms with Crippen LogP contribution in [-0.4, -0.2) is 5.91 Å². The molecule has 0 heterocycles. The van der Waals surface area contributed by atoms with E-state index in [1.54, 1.807) is 0 Å². The first-order valence-electron chi connectivity index (χ1n) is 6.25. The highest BCUT2D eigenvalue weighted by Crippen LogP contribution is 2.21. The van der Waals surface area contributed by atoms with Crippen LogP contribution in [0.3, 0.4) is 0 Å². The molecule has 0 bridgehead atoms. The normalized spacial score (nSPS) is 11.9. The maximum Gasteiger partial charge on any atom is 0.244 e. The molecule has 0 aliphatic rings. The monoisotopic (exact) mass is 254 g/mol. The molecule has 3 N–H and O–H groups in total. The summed E-state index contributed by atoms with van der Waals surface area (Å²) in [5, 5.41) is 3.20. The van der Waals surface area contributed by atoms with Crippen LogP contribution >= 0.6 is 0 Å². The Labute approximate surface area is 113 Å². The van der Waals surface area contributed by atoms with Crippen molar-refractivity contribution in [3.63, 3.8) is 0 Å². The zero-order valence-electron chi connectivity index (χ0n) is 11.2. The van der Waals surface area contributed by atoms with Crippen LogP contribution in [0.25, 0.3) is 0 Å². The molecule has 0 unspecified atom stereocenters. The molecule has 0 spiro atoms. The quantitative estimate of drug-likeness (QED) is 0.881. The lowest BCUT2D eigenvalue weighted by Gasteiger charge is -2.18. The molecule has 19 heavy (non-hydrogen) atoms. The van der Waals surface area contributed by atoms with Crippen LogP contribution in [0.2, 0.25) is 0 Å². The molecule has 1 atom stereocenters. The summed E-state index contributed by atoms with van der Waals surface area (Å²) in [7, 11) is 0. The third-order valence-corrected chi connectivity index (χ3v) is 2.95. The fourth-order valence-corrected chi connectivity index (χ4v) is 2.19. The van der Waals surface area contributed by atoms with Gasteiger partial charge in [-0.15, -0.1) is 0 Å². The van der Waals surface area contributed by atoms with Gasteiger partial charge in [-0.05, 0) is 42.7 Å². The van der Waals surface area contributed by atoms with E-state index in [1.807, 2.05) is 56.3 Å². The summed E-state index contributed by atoms with van der Waals surface area (Å²) in [6.45, 7) is 4.06. The van der Waals surface area contributed by atoms with Crippen LogP contribution < -0.4 is 11.1 Å². The zero-order chi connectivity index (χ0) is 13.8. The molecule has 0 radical (unpaired) electrons. The minimum Gasteiger partial charge on any atom is -0.370 e. The summed E-state index contributed by atoms with van der Waals surface area (Å²) in [4.78, 5) is 11.6. The average molecular weight is 254 g/mol. The molecule has 98 valence electrons. The van der Waals surface area contributed by atoms with Crippen LogP contribution in [0.4, 0.5) is 5.69 Å². The van der Waals surface area contributed by atoms with Crippen LogP contribution in [0.5, 0.6) is 0 Å². The fourth-order valence-electron chi connectivity index (χ4n) is 2.19. The number of aryl methyl sites for hydroxylation is 2. The van der Waals surface area contributed by atoms with E-state index in [0.717, 1.165) is 22.4 Å². The lowest BCUT2D eigenvalue weighted by molar-refractivity contribution is -0.118. The van der Waals surface area contributed by atoms with Gasteiger partial charge in [-0.1, -0.05) is 36.4 Å². The third kappa shape index (κ3) is 3.35. The first-order chi connectivity index (χ1) is 9.06. The summed E-state index contributed by atoms with van der Waals surface area (Å²) < 4.78 is 0. The van der Waals surface area contributed by atoms with Crippen molar-refractivity contribution in [2.24, 2.45) is 5.73 Å². The highest BCUT2D eigenvalue weighted by molar-refractivity contribution is 5.84. The standard InChI is InChI=1S/C16H18N2O/c1-11-8-12(2)10-14(9-11)18-15(16(17)19)13-6-4-3-5-7-13/h3-10,15,18H,1-2H3,(H2,17,19)/t15-/m0/s1. The minimum absolute atomic E-state index is 0.384. The van der Waals surface area contributed by atoms with E-state index in [9.17, 15) is 4.79 Å². The lowest BCUT2D eigenvalue weighted by atomic mass is 10.1. The molecule has 0 saturated carbocycles. The Balaban J connectivity index is 2.29. The second-order valence-corrected chi connectivity index (χ2v) is 4.77. The number of primary amides is 1. The summed E-state index contributed by atoms with van der Waals surface area (Å²) in [5.74, 6) is -0.384. The van der Waals surface area contributed by atoms with Gasteiger partial charge in [0.2, 0.25) is 5.91 Å². The predicted octanol–water partition coefficient (Wildman–Crippen LogP) is 2.94. The molecular weight excluding hydrogens is 236 g/mol. The second-order valence-electron chi connectivity index (χ2n) is 4.77. The molecule has 2 rings (SSSR count). The number of amides is 1. The topological polar surface area (TPSA) is 55.1 Å². The molecular formula is C16H18N2O. The lowest BCUT2D eigenvalue weighted by Crippen LogP contribution is -2.27. The molecule has 0 fully saturated rings. The van der Waals surface area contributed by atoms with Gasteiger partial charge >= 0.3 is 0 Å². The molecule has 0 aromatic heterocycles. The Hall–Kier alpha value is -2.29. The molecule has 3 nitrogen and oxygen atoms in total. The van der Waals surface area contributed by atoms with E-state index in [-0.39, 0.29) is 5.91 Å². The van der Waals surface area contributed by atoms with Gasteiger partial charge < -0.3 is 11.1 Å². The van der Waals surface area contributed by atoms with Gasteiger partial charge in [0, 0.05) is 5.69 Å². The minimum atomic E-state index is -0.512. The molecule has 0 aliphatic heterocycles. The molecule has 0 saturated heterocycles. The van der Waals surface area contributed by atoms with Crippen molar-refractivity contribution in [2.45, 2.75) is 19.9 Å². The second kappa shape index (κ2) is 5.57. The van der Waals surface area contributed by atoms with Crippen molar-refractivity contribution in [3.8, 4) is 0 Å². The SMILES string of the molecule is Cc1cc(C)cc(N[C@H](C(N)=O)c2ccccc2)c1. The predicted molar refractivity (Wildman–Crippen MR) is 77.9 cm³/mol. The van der Waals surface area contributed by atoms with E-state index in [1.165, 1.54) is 0 Å². The molecule has 3 heteroatoms. The van der Waals surface area contributed by atoms with Gasteiger partial charge in [0.25, 0.3) is 0 Å². The number of carbonyl (C=O) groups excluding carboxylic acids is 1. The Morgan fingerprint density at radius 2 is 1.63 bits per heavy atom. The van der Waals surface area contributed by atoms with E-state index in [0.29, 0.717) is 0 Å². The van der Waals surface area contributed by atoms with E-state index in [2.05, 4.69) is 11.4 Å². The highest BCUT2D eigenvalue weighted by atomic mass is 16.1. The van der Waals surface area contributed by atoms with Crippen LogP contribution in [0, 0.1) is 13.8 Å². The van der Waals surface area contributed by atoms with Crippen molar-refractivity contribution in [1.29, 1.82) is 0 Å². The largest absolute Gasteiger partial charge is 0.370 e. The van der Waals surface area contributed by atoms with Gasteiger partial charge in [-0.2, -0.15) is 0 Å². The summed E-state index contributed by atoms with van der Waals surface area (Å²) in [6.07, 6.45) is 0. The number of rotatable bonds is 4. The highest BCUT2D eigenvalue weighted by Gasteiger charge is 2.17. The fraction of sp³-hybridized carbons (Fsp3) is 0.188. The third-order valence-electron chi connectivity index (χ3n) is 2.95. The van der Waals surface area contributed by atoms with E-state index >= 15 is 0 Å². The molecule has 2 aromatic rings. The van der Waals surface area contributed by atoms with Crippen molar-refractivity contribution in [3.05, 3.63) is 65.2 Å². The Kier molecular flexibility index (Phi) is 3.85. The van der Waals surface area contributed by atoms with Crippen molar-refractivity contribution in [2.75, 3.05) is 5.32 Å².